The van der Waals surface area contributed by atoms with Crippen molar-refractivity contribution in [1.82, 2.24) is 5.32 Å². The highest BCUT2D eigenvalue weighted by Gasteiger charge is 2.22. The zero-order valence-corrected chi connectivity index (χ0v) is 14.2. The molecule has 1 unspecified atom stereocenters. The van der Waals surface area contributed by atoms with Gasteiger partial charge in [0.15, 0.2) is 6.61 Å². The van der Waals surface area contributed by atoms with Gasteiger partial charge in [0.05, 0.1) is 12.7 Å². The molecule has 0 bridgehead atoms. The zero-order valence-electron chi connectivity index (χ0n) is 14.2. The average molecular weight is 357 g/mol. The molecule has 2 rings (SSSR count). The van der Waals surface area contributed by atoms with E-state index in [1.54, 1.807) is 0 Å². The van der Waals surface area contributed by atoms with Crippen LogP contribution in [0.3, 0.4) is 0 Å². The van der Waals surface area contributed by atoms with Crippen LogP contribution in [0.25, 0.3) is 0 Å². The second-order valence-electron chi connectivity index (χ2n) is 5.46. The Labute approximate surface area is 150 Å². The van der Waals surface area contributed by atoms with Crippen LogP contribution in [-0.4, -0.2) is 42.7 Å². The number of benzene rings is 2. The van der Waals surface area contributed by atoms with E-state index in [0.29, 0.717) is 0 Å². The first-order chi connectivity index (χ1) is 12.5. The Morgan fingerprint density at radius 2 is 1.69 bits per heavy atom. The van der Waals surface area contributed by atoms with E-state index in [9.17, 15) is 19.5 Å². The average Bonchev–Trinajstić information content (AvgIpc) is 2.66. The molecule has 136 valence electrons. The predicted molar refractivity (Wildman–Crippen MR) is 92.5 cm³/mol. The topological polar surface area (TPSA) is 102 Å². The molecule has 0 saturated carbocycles. The summed E-state index contributed by atoms with van der Waals surface area (Å²) in [5.74, 6) is -1.91. The van der Waals surface area contributed by atoms with Crippen LogP contribution in [0.5, 0.6) is 5.75 Å². The van der Waals surface area contributed by atoms with E-state index in [0.717, 1.165) is 5.56 Å². The first-order valence-electron chi connectivity index (χ1n) is 7.87. The van der Waals surface area contributed by atoms with E-state index in [1.165, 1.54) is 31.4 Å². The van der Waals surface area contributed by atoms with Gasteiger partial charge in [0, 0.05) is 6.42 Å². The standard InChI is InChI=1S/C19H19NO6/c1-25-19(24)16(11-13-5-3-2-4-6-13)20-17(22)12-26-18(23)14-7-9-15(21)10-8-14/h2-10,16,21H,11-12H2,1H3,(H,20,22). The molecule has 0 aliphatic rings. The van der Waals surface area contributed by atoms with Gasteiger partial charge < -0.3 is 19.9 Å². The lowest BCUT2D eigenvalue weighted by molar-refractivity contribution is -0.145. The van der Waals surface area contributed by atoms with Gasteiger partial charge in [0.25, 0.3) is 5.91 Å². The van der Waals surface area contributed by atoms with Crippen molar-refractivity contribution in [1.29, 1.82) is 0 Å². The molecule has 0 aromatic heterocycles. The van der Waals surface area contributed by atoms with Crippen molar-refractivity contribution in [3.63, 3.8) is 0 Å². The van der Waals surface area contributed by atoms with Crippen LogP contribution in [0.2, 0.25) is 0 Å². The summed E-state index contributed by atoms with van der Waals surface area (Å²) in [6.45, 7) is -0.540. The summed E-state index contributed by atoms with van der Waals surface area (Å²) in [6.07, 6.45) is 0.255. The molecule has 0 heterocycles. The smallest absolute Gasteiger partial charge is 0.338 e. The van der Waals surface area contributed by atoms with Crippen LogP contribution in [0.15, 0.2) is 54.6 Å². The van der Waals surface area contributed by atoms with Crippen LogP contribution in [0, 0.1) is 0 Å². The van der Waals surface area contributed by atoms with Crippen LogP contribution in [0.1, 0.15) is 15.9 Å². The van der Waals surface area contributed by atoms with Crippen molar-refractivity contribution in [3.05, 3.63) is 65.7 Å². The number of ether oxygens (including phenoxy) is 2. The van der Waals surface area contributed by atoms with E-state index in [-0.39, 0.29) is 17.7 Å². The Morgan fingerprint density at radius 3 is 2.31 bits per heavy atom. The normalized spacial score (nSPS) is 11.3. The predicted octanol–water partition coefficient (Wildman–Crippen LogP) is 1.45. The third kappa shape index (κ3) is 5.62. The van der Waals surface area contributed by atoms with Crippen molar-refractivity contribution in [2.45, 2.75) is 12.5 Å². The molecule has 0 fully saturated rings. The Morgan fingerprint density at radius 1 is 1.04 bits per heavy atom. The highest BCUT2D eigenvalue weighted by Crippen LogP contribution is 2.10. The molecule has 0 aliphatic carbocycles. The molecule has 0 spiro atoms. The lowest BCUT2D eigenvalue weighted by Crippen LogP contribution is -2.44. The summed E-state index contributed by atoms with van der Waals surface area (Å²) in [6, 6.07) is 13.7. The van der Waals surface area contributed by atoms with Crippen LogP contribution in [0.4, 0.5) is 0 Å². The van der Waals surface area contributed by atoms with Crippen LogP contribution < -0.4 is 5.32 Å². The van der Waals surface area contributed by atoms with Crippen molar-refractivity contribution in [2.24, 2.45) is 0 Å². The molecule has 7 nitrogen and oxygen atoms in total. The summed E-state index contributed by atoms with van der Waals surface area (Å²) >= 11 is 0. The largest absolute Gasteiger partial charge is 0.508 e. The number of aromatic hydroxyl groups is 1. The molecule has 0 aliphatic heterocycles. The van der Waals surface area contributed by atoms with Gasteiger partial charge in [0.2, 0.25) is 0 Å². The Balaban J connectivity index is 1.91. The maximum absolute atomic E-state index is 12.0. The maximum atomic E-state index is 12.0. The third-order valence-electron chi connectivity index (χ3n) is 3.54. The summed E-state index contributed by atoms with van der Waals surface area (Å²) in [5, 5.41) is 11.7. The van der Waals surface area contributed by atoms with Crippen LogP contribution >= 0.6 is 0 Å². The number of hydrogen-bond donors (Lipinski definition) is 2. The Hall–Kier alpha value is -3.35. The van der Waals surface area contributed by atoms with Gasteiger partial charge in [0.1, 0.15) is 11.8 Å². The van der Waals surface area contributed by atoms with E-state index < -0.39 is 30.5 Å². The fourth-order valence-corrected chi connectivity index (χ4v) is 2.23. The molecule has 2 aromatic carbocycles. The molecule has 1 amide bonds. The number of amides is 1. The number of hydrogen-bond acceptors (Lipinski definition) is 6. The fraction of sp³-hybridized carbons (Fsp3) is 0.211. The quantitative estimate of drug-likeness (QED) is 0.727. The van der Waals surface area contributed by atoms with Crippen molar-refractivity contribution >= 4 is 17.8 Å². The Bertz CT molecular complexity index is 757. The van der Waals surface area contributed by atoms with Gasteiger partial charge in [-0.05, 0) is 29.8 Å². The SMILES string of the molecule is COC(=O)C(Cc1ccccc1)NC(=O)COC(=O)c1ccc(O)cc1. The number of esters is 2. The minimum Gasteiger partial charge on any atom is -0.508 e. The lowest BCUT2D eigenvalue weighted by atomic mass is 10.1. The Kier molecular flexibility index (Phi) is 6.73. The minimum atomic E-state index is -0.887. The molecular formula is C19H19NO6. The lowest BCUT2D eigenvalue weighted by Gasteiger charge is -2.16. The van der Waals surface area contributed by atoms with E-state index in [1.807, 2.05) is 30.3 Å². The first kappa shape index (κ1) is 19.0. The third-order valence-corrected chi connectivity index (χ3v) is 3.54. The number of carbonyl (C=O) groups excluding carboxylic acids is 3. The number of methoxy groups -OCH3 is 1. The molecule has 26 heavy (non-hydrogen) atoms. The molecule has 7 heteroatoms. The highest BCUT2D eigenvalue weighted by atomic mass is 16.5. The van der Waals surface area contributed by atoms with Gasteiger partial charge in [-0.15, -0.1) is 0 Å². The van der Waals surface area contributed by atoms with Gasteiger partial charge in [-0.25, -0.2) is 9.59 Å². The number of phenols is 1. The molecular weight excluding hydrogens is 338 g/mol. The number of rotatable bonds is 7. The summed E-state index contributed by atoms with van der Waals surface area (Å²) in [5.41, 5.74) is 1.05. The van der Waals surface area contributed by atoms with Gasteiger partial charge >= 0.3 is 11.9 Å². The van der Waals surface area contributed by atoms with E-state index in [4.69, 9.17) is 9.47 Å². The monoisotopic (exact) mass is 357 g/mol. The maximum Gasteiger partial charge on any atom is 0.338 e. The fourth-order valence-electron chi connectivity index (χ4n) is 2.23. The van der Waals surface area contributed by atoms with E-state index in [2.05, 4.69) is 5.32 Å². The van der Waals surface area contributed by atoms with Crippen LogP contribution in [-0.2, 0) is 25.5 Å². The summed E-state index contributed by atoms with van der Waals surface area (Å²) in [7, 11) is 1.23. The van der Waals surface area contributed by atoms with Gasteiger partial charge in [-0.2, -0.15) is 0 Å². The number of carbonyl (C=O) groups is 3. The van der Waals surface area contributed by atoms with Gasteiger partial charge in [-0.3, -0.25) is 4.79 Å². The zero-order chi connectivity index (χ0) is 18.9. The summed E-state index contributed by atoms with van der Waals surface area (Å²) < 4.78 is 9.62. The minimum absolute atomic E-state index is 0.0149. The van der Waals surface area contributed by atoms with Gasteiger partial charge in [-0.1, -0.05) is 30.3 Å². The molecule has 0 radical (unpaired) electrons. The second-order valence-corrected chi connectivity index (χ2v) is 5.46. The number of phenolic OH excluding ortho intramolecular Hbond substituents is 1. The highest BCUT2D eigenvalue weighted by molar-refractivity contribution is 5.92. The second kappa shape index (κ2) is 9.22. The molecule has 2 aromatic rings. The molecule has 0 saturated heterocycles. The molecule has 1 atom stereocenters. The van der Waals surface area contributed by atoms with E-state index >= 15 is 0 Å². The van der Waals surface area contributed by atoms with Crippen molar-refractivity contribution in [3.8, 4) is 5.75 Å². The first-order valence-corrected chi connectivity index (χ1v) is 7.87. The van der Waals surface area contributed by atoms with Crippen molar-refractivity contribution in [2.75, 3.05) is 13.7 Å². The number of nitrogens with one attached hydrogen (secondary N) is 1. The van der Waals surface area contributed by atoms with Crippen molar-refractivity contribution < 1.29 is 29.0 Å². The summed E-state index contributed by atoms with van der Waals surface area (Å²) in [4.78, 5) is 35.7. The molecule has 2 N–H and O–H groups in total.